The Bertz CT molecular complexity index is 1270. The van der Waals surface area contributed by atoms with Crippen LogP contribution in [0.3, 0.4) is 0 Å². The molecule has 4 aromatic rings. The molecule has 0 fully saturated rings. The van der Waals surface area contributed by atoms with Gasteiger partial charge in [-0.3, -0.25) is 4.72 Å². The molecule has 6 heteroatoms. The third-order valence-corrected chi connectivity index (χ3v) is 6.49. The van der Waals surface area contributed by atoms with Gasteiger partial charge in [0.25, 0.3) is 0 Å². The van der Waals surface area contributed by atoms with Gasteiger partial charge in [0.2, 0.25) is 10.0 Å². The van der Waals surface area contributed by atoms with Crippen LogP contribution in [0, 0.1) is 0 Å². The molecule has 0 aliphatic carbocycles. The van der Waals surface area contributed by atoms with Crippen molar-refractivity contribution in [1.82, 2.24) is 4.98 Å². The molecule has 1 aromatic heterocycles. The zero-order valence-electron chi connectivity index (χ0n) is 15.8. The summed E-state index contributed by atoms with van der Waals surface area (Å²) in [6, 6.07) is 25.6. The van der Waals surface area contributed by atoms with Crippen LogP contribution in [0.4, 0.5) is 5.69 Å². The maximum absolute atomic E-state index is 11.8. The van der Waals surface area contributed by atoms with Crippen molar-refractivity contribution in [3.05, 3.63) is 83.3 Å². The number of nitrogens with zero attached hydrogens (tertiary/aromatic N) is 1. The Morgan fingerprint density at radius 2 is 1.62 bits per heavy atom. The standard InChI is InChI=1S/C23H19BrN2O2S/c1-2-29(27,28)26-19-11-8-17(9-12-19)23-15-20(16-6-4-3-5-7-16)21-14-18(24)10-13-22(21)25-23/h3-15,26H,2H2,1H3. The normalized spacial score (nSPS) is 11.5. The first-order valence-corrected chi connectivity index (χ1v) is 11.7. The quantitative estimate of drug-likeness (QED) is 0.386. The highest BCUT2D eigenvalue weighted by Crippen LogP contribution is 2.33. The van der Waals surface area contributed by atoms with E-state index in [1.165, 1.54) is 0 Å². The summed E-state index contributed by atoms with van der Waals surface area (Å²) in [5.41, 5.74) is 5.42. The zero-order chi connectivity index (χ0) is 20.4. The second kappa shape index (κ2) is 7.97. The SMILES string of the molecule is CCS(=O)(=O)Nc1ccc(-c2cc(-c3ccccc3)c3cc(Br)ccc3n2)cc1. The molecule has 146 valence electrons. The first-order valence-electron chi connectivity index (χ1n) is 9.22. The average molecular weight is 467 g/mol. The lowest BCUT2D eigenvalue weighted by Crippen LogP contribution is -2.14. The summed E-state index contributed by atoms with van der Waals surface area (Å²) >= 11 is 3.56. The Hall–Kier alpha value is -2.70. The number of rotatable bonds is 5. The van der Waals surface area contributed by atoms with Crippen LogP contribution in [0.5, 0.6) is 0 Å². The van der Waals surface area contributed by atoms with Crippen LogP contribution in [0.2, 0.25) is 0 Å². The Morgan fingerprint density at radius 3 is 2.31 bits per heavy atom. The number of hydrogen-bond donors (Lipinski definition) is 1. The molecule has 29 heavy (non-hydrogen) atoms. The highest BCUT2D eigenvalue weighted by atomic mass is 79.9. The van der Waals surface area contributed by atoms with Gasteiger partial charge in [-0.25, -0.2) is 13.4 Å². The minimum absolute atomic E-state index is 0.0387. The van der Waals surface area contributed by atoms with Crippen molar-refractivity contribution >= 4 is 42.5 Å². The fourth-order valence-electron chi connectivity index (χ4n) is 3.16. The Balaban J connectivity index is 1.82. The van der Waals surface area contributed by atoms with E-state index in [9.17, 15) is 8.42 Å². The van der Waals surface area contributed by atoms with E-state index >= 15 is 0 Å². The molecule has 0 atom stereocenters. The highest BCUT2D eigenvalue weighted by molar-refractivity contribution is 9.10. The van der Waals surface area contributed by atoms with E-state index in [-0.39, 0.29) is 5.75 Å². The largest absolute Gasteiger partial charge is 0.284 e. The second-order valence-electron chi connectivity index (χ2n) is 6.67. The summed E-state index contributed by atoms with van der Waals surface area (Å²) in [6.45, 7) is 1.61. The zero-order valence-corrected chi connectivity index (χ0v) is 18.2. The molecule has 0 unspecified atom stereocenters. The fourth-order valence-corrected chi connectivity index (χ4v) is 4.16. The van der Waals surface area contributed by atoms with Crippen LogP contribution in [0.15, 0.2) is 83.3 Å². The number of anilines is 1. The number of hydrogen-bond acceptors (Lipinski definition) is 3. The molecule has 0 amide bonds. The van der Waals surface area contributed by atoms with Gasteiger partial charge in [-0.2, -0.15) is 0 Å². The van der Waals surface area contributed by atoms with Crippen LogP contribution in [0.25, 0.3) is 33.3 Å². The number of pyridine rings is 1. The number of aromatic nitrogens is 1. The maximum atomic E-state index is 11.8. The van der Waals surface area contributed by atoms with Gasteiger partial charge in [0, 0.05) is 21.1 Å². The Morgan fingerprint density at radius 1 is 0.897 bits per heavy atom. The predicted molar refractivity (Wildman–Crippen MR) is 123 cm³/mol. The van der Waals surface area contributed by atoms with Crippen molar-refractivity contribution in [3.63, 3.8) is 0 Å². The maximum Gasteiger partial charge on any atom is 0.232 e. The lowest BCUT2D eigenvalue weighted by atomic mass is 9.98. The minimum atomic E-state index is -3.30. The molecule has 0 saturated heterocycles. The molecule has 1 heterocycles. The molecular formula is C23H19BrN2O2S. The number of halogens is 1. The van der Waals surface area contributed by atoms with E-state index in [2.05, 4.69) is 44.9 Å². The van der Waals surface area contributed by atoms with Crippen molar-refractivity contribution in [1.29, 1.82) is 0 Å². The molecule has 0 aliphatic rings. The van der Waals surface area contributed by atoms with Crippen molar-refractivity contribution in [3.8, 4) is 22.4 Å². The van der Waals surface area contributed by atoms with Gasteiger partial charge in [0.1, 0.15) is 0 Å². The van der Waals surface area contributed by atoms with Gasteiger partial charge in [-0.05, 0) is 54.4 Å². The van der Waals surface area contributed by atoms with E-state index < -0.39 is 10.0 Å². The molecule has 4 nitrogen and oxygen atoms in total. The summed E-state index contributed by atoms with van der Waals surface area (Å²) in [5.74, 6) is 0.0387. The van der Waals surface area contributed by atoms with E-state index in [1.54, 1.807) is 19.1 Å². The lowest BCUT2D eigenvalue weighted by molar-refractivity contribution is 0.602. The Labute approximate surface area is 178 Å². The van der Waals surface area contributed by atoms with Crippen LogP contribution < -0.4 is 4.72 Å². The van der Waals surface area contributed by atoms with E-state index in [1.807, 2.05) is 42.5 Å². The Kier molecular flexibility index (Phi) is 5.39. The molecule has 0 bridgehead atoms. The van der Waals surface area contributed by atoms with Crippen molar-refractivity contribution < 1.29 is 8.42 Å². The number of sulfonamides is 1. The monoisotopic (exact) mass is 466 g/mol. The number of fused-ring (bicyclic) bond motifs is 1. The molecule has 0 aliphatic heterocycles. The second-order valence-corrected chi connectivity index (χ2v) is 9.59. The van der Waals surface area contributed by atoms with Gasteiger partial charge in [0.15, 0.2) is 0 Å². The molecule has 0 radical (unpaired) electrons. The molecule has 3 aromatic carbocycles. The third-order valence-electron chi connectivity index (χ3n) is 4.69. The molecule has 0 saturated carbocycles. The molecule has 4 rings (SSSR count). The van der Waals surface area contributed by atoms with Crippen LogP contribution >= 0.6 is 15.9 Å². The van der Waals surface area contributed by atoms with Gasteiger partial charge >= 0.3 is 0 Å². The van der Waals surface area contributed by atoms with Gasteiger partial charge in [-0.15, -0.1) is 0 Å². The molecular weight excluding hydrogens is 448 g/mol. The van der Waals surface area contributed by atoms with Crippen molar-refractivity contribution in [2.45, 2.75) is 6.92 Å². The van der Waals surface area contributed by atoms with Crippen molar-refractivity contribution in [2.24, 2.45) is 0 Å². The first-order chi connectivity index (χ1) is 13.9. The predicted octanol–water partition coefficient (Wildman–Crippen LogP) is 6.09. The van der Waals surface area contributed by atoms with E-state index in [0.717, 1.165) is 37.8 Å². The van der Waals surface area contributed by atoms with Crippen LogP contribution in [-0.2, 0) is 10.0 Å². The highest BCUT2D eigenvalue weighted by Gasteiger charge is 2.11. The summed E-state index contributed by atoms with van der Waals surface area (Å²) in [5, 5.41) is 1.07. The minimum Gasteiger partial charge on any atom is -0.284 e. The van der Waals surface area contributed by atoms with Gasteiger partial charge in [0.05, 0.1) is 17.0 Å². The van der Waals surface area contributed by atoms with Crippen LogP contribution in [-0.4, -0.2) is 19.2 Å². The fraction of sp³-hybridized carbons (Fsp3) is 0.0870. The third kappa shape index (κ3) is 4.33. The van der Waals surface area contributed by atoms with Gasteiger partial charge < -0.3 is 0 Å². The first kappa shape index (κ1) is 19.6. The van der Waals surface area contributed by atoms with E-state index in [0.29, 0.717) is 5.69 Å². The van der Waals surface area contributed by atoms with Gasteiger partial charge in [-0.1, -0.05) is 58.4 Å². The summed E-state index contributed by atoms with van der Waals surface area (Å²) in [7, 11) is -3.30. The van der Waals surface area contributed by atoms with E-state index in [4.69, 9.17) is 4.98 Å². The number of nitrogens with one attached hydrogen (secondary N) is 1. The number of benzene rings is 3. The summed E-state index contributed by atoms with van der Waals surface area (Å²) < 4.78 is 27.1. The summed E-state index contributed by atoms with van der Waals surface area (Å²) in [4.78, 5) is 4.83. The lowest BCUT2D eigenvalue weighted by Gasteiger charge is -2.12. The smallest absolute Gasteiger partial charge is 0.232 e. The molecule has 0 spiro atoms. The van der Waals surface area contributed by atoms with Crippen LogP contribution in [0.1, 0.15) is 6.92 Å². The topological polar surface area (TPSA) is 59.1 Å². The molecule has 1 N–H and O–H groups in total. The van der Waals surface area contributed by atoms with Crippen molar-refractivity contribution in [2.75, 3.05) is 10.5 Å². The summed E-state index contributed by atoms with van der Waals surface area (Å²) in [6.07, 6.45) is 0. The average Bonchev–Trinajstić information content (AvgIpc) is 2.74.